The fraction of sp³-hybridized carbons (Fsp3) is 0.385. The van der Waals surface area contributed by atoms with Crippen molar-refractivity contribution >= 4 is 17.5 Å². The first-order valence-electron chi connectivity index (χ1n) is 5.95. The smallest absolute Gasteiger partial charge is 0.251 e. The fourth-order valence-corrected chi connectivity index (χ4v) is 1.37. The Morgan fingerprint density at radius 1 is 1.28 bits per heavy atom. The van der Waals surface area contributed by atoms with Crippen molar-refractivity contribution in [3.63, 3.8) is 0 Å². The Bertz CT molecular complexity index is 444. The van der Waals surface area contributed by atoms with Crippen LogP contribution in [-0.2, 0) is 4.79 Å². The third-order valence-corrected chi connectivity index (χ3v) is 2.52. The highest BCUT2D eigenvalue weighted by Crippen LogP contribution is 2.12. The van der Waals surface area contributed by atoms with Crippen LogP contribution >= 0.6 is 0 Å². The van der Waals surface area contributed by atoms with Gasteiger partial charge in [-0.3, -0.25) is 9.59 Å². The first-order valence-corrected chi connectivity index (χ1v) is 5.95. The number of aryl methyl sites for hydroxylation is 1. The number of carbonyl (C=O) groups is 2. The molecule has 5 nitrogen and oxygen atoms in total. The molecular formula is C13H19N3O2. The van der Waals surface area contributed by atoms with Crippen LogP contribution in [0.25, 0.3) is 0 Å². The molecule has 1 rings (SSSR count). The Morgan fingerprint density at radius 3 is 2.61 bits per heavy atom. The molecule has 0 saturated carbocycles. The van der Waals surface area contributed by atoms with Crippen LogP contribution in [0.15, 0.2) is 18.2 Å². The van der Waals surface area contributed by atoms with Gasteiger partial charge in [0.05, 0.1) is 6.54 Å². The van der Waals surface area contributed by atoms with Crippen LogP contribution in [0, 0.1) is 6.92 Å². The van der Waals surface area contributed by atoms with Crippen LogP contribution in [0.1, 0.15) is 29.3 Å². The Balaban J connectivity index is 2.50. The van der Waals surface area contributed by atoms with Gasteiger partial charge < -0.3 is 16.4 Å². The van der Waals surface area contributed by atoms with E-state index in [9.17, 15) is 9.59 Å². The number of benzene rings is 1. The third-order valence-electron chi connectivity index (χ3n) is 2.52. The summed E-state index contributed by atoms with van der Waals surface area (Å²) in [6.07, 6.45) is 0.869. The fourth-order valence-electron chi connectivity index (χ4n) is 1.37. The first-order chi connectivity index (χ1) is 8.54. The second kappa shape index (κ2) is 6.64. The van der Waals surface area contributed by atoms with Gasteiger partial charge >= 0.3 is 0 Å². The zero-order chi connectivity index (χ0) is 13.5. The van der Waals surface area contributed by atoms with Gasteiger partial charge in [-0.2, -0.15) is 0 Å². The summed E-state index contributed by atoms with van der Waals surface area (Å²) in [5.74, 6) is -0.487. The lowest BCUT2D eigenvalue weighted by molar-refractivity contribution is -0.120. The maximum Gasteiger partial charge on any atom is 0.251 e. The van der Waals surface area contributed by atoms with Crippen molar-refractivity contribution in [2.75, 3.05) is 18.8 Å². The van der Waals surface area contributed by atoms with Gasteiger partial charge in [0.15, 0.2) is 0 Å². The molecule has 2 amide bonds. The molecule has 0 bridgehead atoms. The standard InChI is InChI=1S/C13H19N3O2/c1-3-6-15-12(17)8-16-13(18)10-5-4-9(2)11(14)7-10/h4-5,7H,3,6,8,14H2,1-2H3,(H,15,17)(H,16,18). The van der Waals surface area contributed by atoms with Crippen LogP contribution in [-0.4, -0.2) is 24.9 Å². The molecule has 0 spiro atoms. The molecule has 0 saturated heterocycles. The number of nitrogens with one attached hydrogen (secondary N) is 2. The average Bonchev–Trinajstić information content (AvgIpc) is 2.36. The van der Waals surface area contributed by atoms with Gasteiger partial charge in [-0.1, -0.05) is 13.0 Å². The van der Waals surface area contributed by atoms with E-state index in [2.05, 4.69) is 10.6 Å². The molecule has 4 N–H and O–H groups in total. The summed E-state index contributed by atoms with van der Waals surface area (Å²) in [6, 6.07) is 5.07. The van der Waals surface area contributed by atoms with Gasteiger partial charge in [0.1, 0.15) is 0 Å². The summed E-state index contributed by atoms with van der Waals surface area (Å²) in [7, 11) is 0. The predicted octanol–water partition coefficient (Wildman–Crippen LogP) is 0.833. The zero-order valence-electron chi connectivity index (χ0n) is 10.7. The minimum absolute atomic E-state index is 0.0212. The maximum absolute atomic E-state index is 11.7. The predicted molar refractivity (Wildman–Crippen MR) is 71.2 cm³/mol. The topological polar surface area (TPSA) is 84.2 Å². The van der Waals surface area contributed by atoms with Gasteiger partial charge in [0.2, 0.25) is 5.91 Å². The number of hydrogen-bond donors (Lipinski definition) is 3. The monoisotopic (exact) mass is 249 g/mol. The molecule has 0 atom stereocenters. The lowest BCUT2D eigenvalue weighted by Gasteiger charge is -2.07. The van der Waals surface area contributed by atoms with E-state index in [4.69, 9.17) is 5.73 Å². The summed E-state index contributed by atoms with van der Waals surface area (Å²) in [6.45, 7) is 4.43. The van der Waals surface area contributed by atoms with Crippen molar-refractivity contribution in [1.82, 2.24) is 10.6 Å². The highest BCUT2D eigenvalue weighted by atomic mass is 16.2. The summed E-state index contributed by atoms with van der Waals surface area (Å²) < 4.78 is 0. The quantitative estimate of drug-likeness (QED) is 0.676. The number of rotatable bonds is 5. The van der Waals surface area contributed by atoms with Crippen molar-refractivity contribution in [2.24, 2.45) is 0 Å². The highest BCUT2D eigenvalue weighted by molar-refractivity contribution is 5.97. The number of nitrogens with two attached hydrogens (primary N) is 1. The summed E-state index contributed by atoms with van der Waals surface area (Å²) in [5, 5.41) is 5.23. The molecule has 98 valence electrons. The SMILES string of the molecule is CCCNC(=O)CNC(=O)c1ccc(C)c(N)c1. The van der Waals surface area contributed by atoms with Crippen LogP contribution in [0.2, 0.25) is 0 Å². The van der Waals surface area contributed by atoms with Crippen LogP contribution < -0.4 is 16.4 Å². The van der Waals surface area contributed by atoms with Crippen molar-refractivity contribution in [3.8, 4) is 0 Å². The molecular weight excluding hydrogens is 230 g/mol. The largest absolute Gasteiger partial charge is 0.398 e. The first kappa shape index (κ1) is 14.0. The molecule has 0 unspecified atom stereocenters. The molecule has 18 heavy (non-hydrogen) atoms. The van der Waals surface area contributed by atoms with E-state index in [1.807, 2.05) is 13.8 Å². The second-order valence-electron chi connectivity index (χ2n) is 4.10. The molecule has 0 radical (unpaired) electrons. The van der Waals surface area contributed by atoms with Crippen molar-refractivity contribution in [1.29, 1.82) is 0 Å². The van der Waals surface area contributed by atoms with Crippen molar-refractivity contribution < 1.29 is 9.59 Å². The van der Waals surface area contributed by atoms with Crippen LogP contribution in [0.3, 0.4) is 0 Å². The lowest BCUT2D eigenvalue weighted by atomic mass is 10.1. The molecule has 1 aromatic carbocycles. The summed E-state index contributed by atoms with van der Waals surface area (Å²) >= 11 is 0. The zero-order valence-corrected chi connectivity index (χ0v) is 10.7. The molecule has 0 aliphatic rings. The third kappa shape index (κ3) is 4.08. The summed E-state index contributed by atoms with van der Waals surface area (Å²) in [4.78, 5) is 23.0. The van der Waals surface area contributed by atoms with Gasteiger partial charge in [-0.15, -0.1) is 0 Å². The van der Waals surface area contributed by atoms with Crippen molar-refractivity contribution in [2.45, 2.75) is 20.3 Å². The molecule has 0 fully saturated rings. The van der Waals surface area contributed by atoms with E-state index in [1.165, 1.54) is 0 Å². The van der Waals surface area contributed by atoms with Crippen LogP contribution in [0.5, 0.6) is 0 Å². The normalized spacial score (nSPS) is 9.89. The minimum Gasteiger partial charge on any atom is -0.398 e. The Kier molecular flexibility index (Phi) is 5.17. The summed E-state index contributed by atoms with van der Waals surface area (Å²) in [5.41, 5.74) is 7.67. The van der Waals surface area contributed by atoms with E-state index in [0.29, 0.717) is 17.8 Å². The van der Waals surface area contributed by atoms with E-state index >= 15 is 0 Å². The van der Waals surface area contributed by atoms with Gasteiger partial charge in [0, 0.05) is 17.8 Å². The number of carbonyl (C=O) groups excluding carboxylic acids is 2. The van der Waals surface area contributed by atoms with E-state index in [-0.39, 0.29) is 18.4 Å². The van der Waals surface area contributed by atoms with E-state index in [0.717, 1.165) is 12.0 Å². The molecule has 0 aliphatic heterocycles. The number of amides is 2. The molecule has 1 aromatic rings. The molecule has 0 aromatic heterocycles. The maximum atomic E-state index is 11.7. The average molecular weight is 249 g/mol. The number of anilines is 1. The Hall–Kier alpha value is -2.04. The van der Waals surface area contributed by atoms with Crippen LogP contribution in [0.4, 0.5) is 5.69 Å². The highest BCUT2D eigenvalue weighted by Gasteiger charge is 2.08. The second-order valence-corrected chi connectivity index (χ2v) is 4.10. The van der Waals surface area contributed by atoms with E-state index in [1.54, 1.807) is 18.2 Å². The Labute approximate surface area is 107 Å². The van der Waals surface area contributed by atoms with Crippen molar-refractivity contribution in [3.05, 3.63) is 29.3 Å². The minimum atomic E-state index is -0.298. The van der Waals surface area contributed by atoms with Gasteiger partial charge in [0.25, 0.3) is 5.91 Å². The molecule has 0 heterocycles. The van der Waals surface area contributed by atoms with Gasteiger partial charge in [-0.05, 0) is 31.0 Å². The number of nitrogen functional groups attached to an aromatic ring is 1. The molecule has 5 heteroatoms. The number of hydrogen-bond acceptors (Lipinski definition) is 3. The lowest BCUT2D eigenvalue weighted by Crippen LogP contribution is -2.37. The van der Waals surface area contributed by atoms with E-state index < -0.39 is 0 Å². The van der Waals surface area contributed by atoms with Gasteiger partial charge in [-0.25, -0.2) is 0 Å². The molecule has 0 aliphatic carbocycles. The Morgan fingerprint density at radius 2 is 2.00 bits per heavy atom.